The molecule has 1 rings (SSSR count). The van der Waals surface area contributed by atoms with Crippen LogP contribution in [-0.2, 0) is 9.53 Å². The molecule has 7 heteroatoms. The van der Waals surface area contributed by atoms with Crippen molar-refractivity contribution in [2.45, 2.75) is 66.2 Å². The summed E-state index contributed by atoms with van der Waals surface area (Å²) >= 11 is 0. The first-order valence-electron chi connectivity index (χ1n) is 10.5. The summed E-state index contributed by atoms with van der Waals surface area (Å²) in [5, 5.41) is 6.63. The maximum atomic E-state index is 12.1. The molecule has 1 saturated carbocycles. The lowest BCUT2D eigenvalue weighted by atomic mass is 9.83. The number of amides is 1. The van der Waals surface area contributed by atoms with Gasteiger partial charge in [0.25, 0.3) is 0 Å². The highest BCUT2D eigenvalue weighted by molar-refractivity contribution is 14.0. The first-order chi connectivity index (χ1) is 12.6. The van der Waals surface area contributed by atoms with Crippen molar-refractivity contribution in [2.24, 2.45) is 10.4 Å². The molecular formula is C20H41IN4O2. The zero-order valence-corrected chi connectivity index (χ0v) is 20.1. The molecule has 0 atom stereocenters. The average molecular weight is 496 g/mol. The van der Waals surface area contributed by atoms with Crippen molar-refractivity contribution in [3.05, 3.63) is 0 Å². The maximum Gasteiger partial charge on any atom is 0.224 e. The summed E-state index contributed by atoms with van der Waals surface area (Å²) in [5.41, 5.74) is 0.286. The molecule has 0 aliphatic heterocycles. The summed E-state index contributed by atoms with van der Waals surface area (Å²) < 4.78 is 5.59. The monoisotopic (exact) mass is 496 g/mol. The molecule has 0 spiro atoms. The minimum absolute atomic E-state index is 0. The van der Waals surface area contributed by atoms with Gasteiger partial charge in [0.05, 0.1) is 0 Å². The number of nitrogens with one attached hydrogen (secondary N) is 2. The number of rotatable bonds is 12. The fourth-order valence-electron chi connectivity index (χ4n) is 3.66. The summed E-state index contributed by atoms with van der Waals surface area (Å²) in [6.07, 6.45) is 6.66. The van der Waals surface area contributed by atoms with Gasteiger partial charge in [0, 0.05) is 52.4 Å². The zero-order chi connectivity index (χ0) is 19.3. The van der Waals surface area contributed by atoms with Crippen molar-refractivity contribution < 1.29 is 9.53 Å². The molecule has 1 aliphatic rings. The Balaban J connectivity index is 0.00000676. The van der Waals surface area contributed by atoms with Crippen LogP contribution >= 0.6 is 24.0 Å². The summed E-state index contributed by atoms with van der Waals surface area (Å²) in [4.78, 5) is 18.8. The second-order valence-electron chi connectivity index (χ2n) is 7.09. The van der Waals surface area contributed by atoms with E-state index < -0.39 is 0 Å². The summed E-state index contributed by atoms with van der Waals surface area (Å²) in [6.45, 7) is 13.6. The van der Waals surface area contributed by atoms with E-state index in [2.05, 4.69) is 17.6 Å². The van der Waals surface area contributed by atoms with Gasteiger partial charge in [-0.1, -0.05) is 12.8 Å². The Hall–Kier alpha value is -0.570. The smallest absolute Gasteiger partial charge is 0.224 e. The molecule has 0 bridgehead atoms. The van der Waals surface area contributed by atoms with Gasteiger partial charge in [0.1, 0.15) is 0 Å². The highest BCUT2D eigenvalue weighted by Gasteiger charge is 2.33. The van der Waals surface area contributed by atoms with Crippen LogP contribution in [0.5, 0.6) is 0 Å². The Labute approximate surface area is 183 Å². The fourth-order valence-corrected chi connectivity index (χ4v) is 3.66. The number of ether oxygens (including phenoxy) is 1. The Morgan fingerprint density at radius 3 is 2.33 bits per heavy atom. The predicted molar refractivity (Wildman–Crippen MR) is 124 cm³/mol. The molecule has 6 nitrogen and oxygen atoms in total. The molecular weight excluding hydrogens is 455 g/mol. The number of carbonyl (C=O) groups is 1. The van der Waals surface area contributed by atoms with Gasteiger partial charge in [0.15, 0.2) is 5.96 Å². The molecule has 1 aliphatic carbocycles. The van der Waals surface area contributed by atoms with E-state index in [1.54, 1.807) is 0 Å². The third-order valence-corrected chi connectivity index (χ3v) is 5.31. The van der Waals surface area contributed by atoms with Crippen molar-refractivity contribution in [1.29, 1.82) is 0 Å². The van der Waals surface area contributed by atoms with E-state index in [9.17, 15) is 4.79 Å². The molecule has 1 fully saturated rings. The Bertz CT molecular complexity index is 422. The number of aliphatic imine (C=N–C) groups is 1. The Morgan fingerprint density at radius 2 is 1.78 bits per heavy atom. The number of halogens is 1. The third kappa shape index (κ3) is 9.96. The van der Waals surface area contributed by atoms with E-state index in [1.165, 1.54) is 25.7 Å². The van der Waals surface area contributed by atoms with Crippen LogP contribution in [0.1, 0.15) is 66.2 Å². The van der Waals surface area contributed by atoms with Crippen molar-refractivity contribution in [3.8, 4) is 0 Å². The molecule has 0 unspecified atom stereocenters. The number of hydrogen-bond acceptors (Lipinski definition) is 3. The van der Waals surface area contributed by atoms with Crippen LogP contribution < -0.4 is 10.6 Å². The van der Waals surface area contributed by atoms with E-state index in [1.807, 2.05) is 25.7 Å². The lowest BCUT2D eigenvalue weighted by Crippen LogP contribution is -2.41. The Morgan fingerprint density at radius 1 is 1.11 bits per heavy atom. The summed E-state index contributed by atoms with van der Waals surface area (Å²) in [6, 6.07) is 0. The molecule has 160 valence electrons. The van der Waals surface area contributed by atoms with Crippen molar-refractivity contribution in [1.82, 2.24) is 15.5 Å². The topological polar surface area (TPSA) is 66.0 Å². The molecule has 0 saturated heterocycles. The first-order valence-corrected chi connectivity index (χ1v) is 10.5. The van der Waals surface area contributed by atoms with Gasteiger partial charge in [-0.3, -0.25) is 9.79 Å². The minimum Gasteiger partial charge on any atom is -0.382 e. The van der Waals surface area contributed by atoms with Gasteiger partial charge in [-0.25, -0.2) is 0 Å². The van der Waals surface area contributed by atoms with Crippen LogP contribution in [0, 0.1) is 5.41 Å². The van der Waals surface area contributed by atoms with Crippen molar-refractivity contribution in [3.63, 3.8) is 0 Å². The molecule has 0 aromatic carbocycles. The molecule has 0 aromatic heterocycles. The number of guanidine groups is 1. The lowest BCUT2D eigenvalue weighted by Gasteiger charge is -2.27. The fraction of sp³-hybridized carbons (Fsp3) is 0.900. The van der Waals surface area contributed by atoms with E-state index in [4.69, 9.17) is 9.73 Å². The minimum atomic E-state index is 0. The standard InChI is InChI=1S/C20H40N4O2.HI/c1-5-21-19(22-15-11-18(25)24(6-2)7-3)23-17-20(12-9-10-13-20)14-16-26-8-4;/h5-17H2,1-4H3,(H2,21,22,23);1H. The van der Waals surface area contributed by atoms with Gasteiger partial charge < -0.3 is 20.3 Å². The number of carbonyl (C=O) groups excluding carboxylic acids is 1. The van der Waals surface area contributed by atoms with Gasteiger partial charge in [0.2, 0.25) is 5.91 Å². The molecule has 1 amide bonds. The normalized spacial score (nSPS) is 15.9. The molecule has 27 heavy (non-hydrogen) atoms. The van der Waals surface area contributed by atoms with Crippen LogP contribution in [0.15, 0.2) is 4.99 Å². The van der Waals surface area contributed by atoms with Crippen molar-refractivity contribution in [2.75, 3.05) is 45.9 Å². The van der Waals surface area contributed by atoms with E-state index in [0.29, 0.717) is 13.0 Å². The SMILES string of the molecule is CCNC(=NCC1(CCOCC)CCCC1)NCCC(=O)N(CC)CC.I. The summed E-state index contributed by atoms with van der Waals surface area (Å²) in [7, 11) is 0. The largest absolute Gasteiger partial charge is 0.382 e. The second kappa shape index (κ2) is 15.4. The third-order valence-electron chi connectivity index (χ3n) is 5.31. The van der Waals surface area contributed by atoms with Crippen LogP contribution in [-0.4, -0.2) is 62.7 Å². The Kier molecular flexibility index (Phi) is 15.0. The maximum absolute atomic E-state index is 12.1. The quantitative estimate of drug-likeness (QED) is 0.188. The first kappa shape index (κ1) is 26.4. The van der Waals surface area contributed by atoms with Crippen LogP contribution in [0.25, 0.3) is 0 Å². The van der Waals surface area contributed by atoms with Gasteiger partial charge in [-0.05, 0) is 52.4 Å². The van der Waals surface area contributed by atoms with Crippen LogP contribution in [0.2, 0.25) is 0 Å². The molecule has 0 aromatic rings. The lowest BCUT2D eigenvalue weighted by molar-refractivity contribution is -0.130. The zero-order valence-electron chi connectivity index (χ0n) is 17.8. The average Bonchev–Trinajstić information content (AvgIpc) is 3.10. The highest BCUT2D eigenvalue weighted by atomic mass is 127. The van der Waals surface area contributed by atoms with E-state index >= 15 is 0 Å². The van der Waals surface area contributed by atoms with Gasteiger partial charge >= 0.3 is 0 Å². The number of hydrogen-bond donors (Lipinski definition) is 2. The predicted octanol–water partition coefficient (Wildman–Crippen LogP) is 3.41. The molecule has 0 heterocycles. The van der Waals surface area contributed by atoms with Crippen LogP contribution in [0.4, 0.5) is 0 Å². The van der Waals surface area contributed by atoms with Crippen molar-refractivity contribution >= 4 is 35.8 Å². The van der Waals surface area contributed by atoms with Gasteiger partial charge in [-0.2, -0.15) is 0 Å². The van der Waals surface area contributed by atoms with Gasteiger partial charge in [-0.15, -0.1) is 24.0 Å². The molecule has 2 N–H and O–H groups in total. The number of nitrogens with zero attached hydrogens (tertiary/aromatic N) is 2. The van der Waals surface area contributed by atoms with E-state index in [0.717, 1.165) is 51.8 Å². The second-order valence-corrected chi connectivity index (χ2v) is 7.09. The molecule has 0 radical (unpaired) electrons. The summed E-state index contributed by atoms with van der Waals surface area (Å²) in [5.74, 6) is 1.02. The van der Waals surface area contributed by atoms with Crippen LogP contribution in [0.3, 0.4) is 0 Å². The van der Waals surface area contributed by atoms with E-state index in [-0.39, 0.29) is 35.3 Å². The highest BCUT2D eigenvalue weighted by Crippen LogP contribution is 2.41.